The molecule has 19 heteroatoms. The lowest BCUT2D eigenvalue weighted by Gasteiger charge is -2.67. The fourth-order valence-electron chi connectivity index (χ4n) is 9.60. The second-order valence-corrected chi connectivity index (χ2v) is 16.1. The first-order chi connectivity index (χ1) is 28.6. The van der Waals surface area contributed by atoms with Gasteiger partial charge in [-0.15, -0.1) is 0 Å². The van der Waals surface area contributed by atoms with Crippen LogP contribution in [0.3, 0.4) is 0 Å². The molecule has 19 nitrogen and oxygen atoms in total. The predicted octanol–water partition coefficient (Wildman–Crippen LogP) is 1.77. The quantitative estimate of drug-likeness (QED) is 0.293. The number of cyclic esters (lactones) is 1. The van der Waals surface area contributed by atoms with E-state index in [-0.39, 0.29) is 23.2 Å². The van der Waals surface area contributed by atoms with Crippen LogP contribution in [0.15, 0.2) is 48.7 Å². The lowest BCUT2D eigenvalue weighted by atomic mass is 9.45. The molecule has 1 N–H and O–H groups in total. The van der Waals surface area contributed by atoms with E-state index in [9.17, 15) is 43.5 Å². The Kier molecular flexibility index (Phi) is 12.1. The molecule has 12 atom stereocenters. The molecule has 2 aliphatic carbocycles. The molecule has 2 saturated carbocycles. The van der Waals surface area contributed by atoms with Gasteiger partial charge in [0, 0.05) is 47.2 Å². The molecule has 1 saturated heterocycles. The van der Waals surface area contributed by atoms with E-state index in [1.165, 1.54) is 44.3 Å². The number of esters is 8. The van der Waals surface area contributed by atoms with Crippen LogP contribution in [0.1, 0.15) is 81.8 Å². The fourth-order valence-corrected chi connectivity index (χ4v) is 9.60. The van der Waals surface area contributed by atoms with Crippen LogP contribution in [-0.4, -0.2) is 124 Å². The van der Waals surface area contributed by atoms with Gasteiger partial charge in [0.15, 0.2) is 30.0 Å². The Bertz CT molecular complexity index is 2120. The Hall–Kier alpha value is -5.95. The highest BCUT2D eigenvalue weighted by molar-refractivity contribution is 5.91. The first-order valence-electron chi connectivity index (χ1n) is 19.4. The van der Waals surface area contributed by atoms with Gasteiger partial charge in [-0.2, -0.15) is 0 Å². The van der Waals surface area contributed by atoms with E-state index >= 15 is 0 Å². The van der Waals surface area contributed by atoms with E-state index in [2.05, 4.69) is 4.98 Å². The largest absolute Gasteiger partial charge is 0.465 e. The van der Waals surface area contributed by atoms with Crippen molar-refractivity contribution in [3.8, 4) is 0 Å². The molecule has 2 aromatic rings. The van der Waals surface area contributed by atoms with E-state index in [1.54, 1.807) is 18.2 Å². The SMILES string of the molecule is CC(=O)OC[C@]12[C@H](OC(C)=O)[C@@H](OC(=O)c3ccccc3)[C@@H]3[C@@H](OC(C)=O)[C@@]14O[C@@]3(C)COC(=O)c1cccnc1CC(C)C(=O)O[C@@H]([C@H](OC(C)=O)[C@@H]2OC(C)=O)[C@]4(C)O. The summed E-state index contributed by atoms with van der Waals surface area (Å²) in [7, 11) is 0. The number of carbonyl (C=O) groups is 8. The van der Waals surface area contributed by atoms with E-state index in [0.29, 0.717) is 0 Å². The Morgan fingerprint density at radius 2 is 1.36 bits per heavy atom. The van der Waals surface area contributed by atoms with Crippen LogP contribution in [0, 0.1) is 17.3 Å². The first-order valence-corrected chi connectivity index (χ1v) is 19.4. The summed E-state index contributed by atoms with van der Waals surface area (Å²) in [5.41, 5.74) is -10.3. The van der Waals surface area contributed by atoms with Crippen molar-refractivity contribution >= 4 is 47.8 Å². The van der Waals surface area contributed by atoms with Crippen LogP contribution in [0.2, 0.25) is 0 Å². The minimum absolute atomic E-state index is 0.0143. The van der Waals surface area contributed by atoms with Gasteiger partial charge in [0.05, 0.1) is 28.7 Å². The van der Waals surface area contributed by atoms with Crippen LogP contribution < -0.4 is 0 Å². The average molecular weight is 854 g/mol. The summed E-state index contributed by atoms with van der Waals surface area (Å²) in [5, 5.41) is 13.5. The molecular weight excluding hydrogens is 806 g/mol. The highest BCUT2D eigenvalue weighted by Crippen LogP contribution is 2.70. The van der Waals surface area contributed by atoms with Crippen molar-refractivity contribution in [3.63, 3.8) is 0 Å². The van der Waals surface area contributed by atoms with Crippen LogP contribution in [0.25, 0.3) is 0 Å². The molecule has 61 heavy (non-hydrogen) atoms. The second kappa shape index (κ2) is 16.5. The van der Waals surface area contributed by atoms with Crippen LogP contribution in [0.4, 0.5) is 0 Å². The standard InChI is InChI=1S/C42H47NO18/c1-20-17-28-27(15-12-16-43-28)38(51)54-18-39(7)29-30(59-37(50)26-13-10-9-11-14-26)34(57-24(5)47)41(19-53-21(2)44)35(58-25(6)48)31(55-22(3)45)33(60-36(20)49)40(8,52)42(41,61-39)32(29)56-23(4)46/h9-16,20,29-35,52H,17-19H2,1-8H3/t20?,29-,30+,31+,32-,33+,34-,35+,39+,40+,41-,42+/m1/s1. The topological polar surface area (TPSA) is 253 Å². The summed E-state index contributed by atoms with van der Waals surface area (Å²) >= 11 is 0. The number of rotatable bonds is 8. The third-order valence-electron chi connectivity index (χ3n) is 11.8. The molecule has 1 aromatic carbocycles. The van der Waals surface area contributed by atoms with Crippen LogP contribution in [0.5, 0.6) is 0 Å². The van der Waals surface area contributed by atoms with E-state index in [0.717, 1.165) is 41.5 Å². The zero-order valence-corrected chi connectivity index (χ0v) is 34.7. The van der Waals surface area contributed by atoms with Gasteiger partial charge in [-0.25, -0.2) is 9.59 Å². The smallest absolute Gasteiger partial charge is 0.340 e. The normalized spacial score (nSPS) is 35.2. The van der Waals surface area contributed by atoms with Gasteiger partial charge in [0.1, 0.15) is 42.0 Å². The van der Waals surface area contributed by atoms with Crippen LogP contribution >= 0.6 is 0 Å². The zero-order chi connectivity index (χ0) is 44.8. The highest BCUT2D eigenvalue weighted by atomic mass is 16.7. The van der Waals surface area contributed by atoms with Crippen LogP contribution in [-0.2, 0) is 77.8 Å². The summed E-state index contributed by atoms with van der Waals surface area (Å²) in [6, 6.07) is 10.4. The van der Waals surface area contributed by atoms with Gasteiger partial charge < -0.3 is 47.7 Å². The summed E-state index contributed by atoms with van der Waals surface area (Å²) in [5.74, 6) is -10.9. The number of carbonyl (C=O) groups excluding carboxylic acids is 8. The Morgan fingerprint density at radius 1 is 0.770 bits per heavy atom. The Labute approximate surface area is 349 Å². The molecule has 0 amide bonds. The number of ether oxygens (including phenoxy) is 9. The molecular formula is C42H47NO18. The van der Waals surface area contributed by atoms with E-state index in [1.807, 2.05) is 0 Å². The lowest BCUT2D eigenvalue weighted by molar-refractivity contribution is -0.386. The predicted molar refractivity (Wildman–Crippen MR) is 201 cm³/mol. The average Bonchev–Trinajstić information content (AvgIpc) is 3.39. The summed E-state index contributed by atoms with van der Waals surface area (Å²) in [6.07, 6.45) is -11.0. The van der Waals surface area contributed by atoms with Gasteiger partial charge in [0.25, 0.3) is 0 Å². The molecule has 4 bridgehead atoms. The highest BCUT2D eigenvalue weighted by Gasteiger charge is 2.92. The number of aliphatic hydroxyl groups is 1. The maximum atomic E-state index is 14.3. The molecule has 1 spiro atoms. The van der Waals surface area contributed by atoms with Gasteiger partial charge in [-0.3, -0.25) is 33.8 Å². The maximum Gasteiger partial charge on any atom is 0.340 e. The Balaban J connectivity index is 1.79. The minimum Gasteiger partial charge on any atom is -0.465 e. The number of hydrogen-bond donors (Lipinski definition) is 1. The third-order valence-corrected chi connectivity index (χ3v) is 11.8. The number of aromatic nitrogens is 1. The molecule has 3 heterocycles. The van der Waals surface area contributed by atoms with Crippen molar-refractivity contribution in [2.24, 2.45) is 17.3 Å². The van der Waals surface area contributed by atoms with Crippen molar-refractivity contribution in [1.29, 1.82) is 0 Å². The van der Waals surface area contributed by atoms with E-state index in [4.69, 9.17) is 42.6 Å². The minimum atomic E-state index is -2.84. The van der Waals surface area contributed by atoms with Crippen molar-refractivity contribution in [2.75, 3.05) is 13.2 Å². The molecule has 328 valence electrons. The van der Waals surface area contributed by atoms with E-state index < -0.39 is 132 Å². The number of nitrogens with zero attached hydrogens (tertiary/aromatic N) is 1. The first kappa shape index (κ1) is 44.6. The molecule has 6 rings (SSSR count). The molecule has 4 aliphatic rings. The third kappa shape index (κ3) is 7.57. The number of pyridine rings is 1. The summed E-state index contributed by atoms with van der Waals surface area (Å²) < 4.78 is 55.1. The van der Waals surface area contributed by atoms with Crippen molar-refractivity contribution in [2.45, 2.75) is 115 Å². The Morgan fingerprint density at radius 3 is 1.95 bits per heavy atom. The van der Waals surface area contributed by atoms with Gasteiger partial charge >= 0.3 is 47.8 Å². The van der Waals surface area contributed by atoms with Gasteiger partial charge in [-0.1, -0.05) is 25.1 Å². The molecule has 1 unspecified atom stereocenters. The zero-order valence-electron chi connectivity index (χ0n) is 34.7. The number of hydrogen-bond acceptors (Lipinski definition) is 19. The van der Waals surface area contributed by atoms with Crippen molar-refractivity contribution < 1.29 is 86.1 Å². The maximum absolute atomic E-state index is 14.3. The molecule has 1 aromatic heterocycles. The van der Waals surface area contributed by atoms with Gasteiger partial charge in [0.2, 0.25) is 0 Å². The van der Waals surface area contributed by atoms with Crippen molar-refractivity contribution in [3.05, 3.63) is 65.5 Å². The number of benzene rings is 1. The molecule has 0 radical (unpaired) electrons. The molecule has 2 aliphatic heterocycles. The van der Waals surface area contributed by atoms with Crippen molar-refractivity contribution in [1.82, 2.24) is 4.98 Å². The second-order valence-electron chi connectivity index (χ2n) is 16.1. The summed E-state index contributed by atoms with van der Waals surface area (Å²) in [6.45, 7) is 7.02. The lowest BCUT2D eigenvalue weighted by Crippen LogP contribution is -2.89. The monoisotopic (exact) mass is 853 g/mol. The fraction of sp³-hybridized carbons (Fsp3) is 0.548. The molecule has 3 fully saturated rings. The number of fused-ring (bicyclic) bond motifs is 5. The summed E-state index contributed by atoms with van der Waals surface area (Å²) in [4.78, 5) is 113. The van der Waals surface area contributed by atoms with Gasteiger partial charge in [-0.05, 0) is 38.1 Å².